The molecule has 0 amide bonds. The van der Waals surface area contributed by atoms with Crippen LogP contribution in [0.3, 0.4) is 0 Å². The number of carbonyl (C=O) groups is 2. The molecule has 2 aromatic rings. The Kier molecular flexibility index (Phi) is 8.87. The minimum absolute atomic E-state index is 0.0470. The number of azide groups is 2. The normalized spacial score (nSPS) is 16.2. The maximum absolute atomic E-state index is 12.5. The van der Waals surface area contributed by atoms with E-state index in [1.165, 1.54) is 48.5 Å². The van der Waals surface area contributed by atoms with Crippen LogP contribution in [0, 0.1) is 0 Å². The number of benzene rings is 2. The topological polar surface area (TPSA) is 213 Å². The Morgan fingerprint density at radius 2 is 0.969 bits per heavy atom. The zero-order valence-electron chi connectivity index (χ0n) is 16.5. The summed E-state index contributed by atoms with van der Waals surface area (Å²) in [4.78, 5) is 30.0. The molecule has 12 nitrogen and oxygen atoms in total. The Balaban J connectivity index is 2.31. The highest BCUT2D eigenvalue weighted by Gasteiger charge is 2.42. The number of aliphatic hydroxyl groups is 4. The molecule has 0 aromatic heterocycles. The first-order chi connectivity index (χ1) is 15.3. The molecule has 32 heavy (non-hydrogen) atoms. The van der Waals surface area contributed by atoms with Gasteiger partial charge in [0, 0.05) is 21.0 Å². The number of Topliss-reactive ketones (excluding diaryl/α,β-unsaturated/α-hetero) is 2. The first-order valence-corrected chi connectivity index (χ1v) is 9.32. The van der Waals surface area contributed by atoms with Gasteiger partial charge in [0.2, 0.25) is 0 Å². The standard InChI is InChI=1S/C20H20N6O6/c21-25-23-13(17(29)15(27)11-7-3-1-4-8-11)19(31)20(32)14(24-26-22)18(30)16(28)12-9-5-2-6-10-12/h1-10,13-14,17-20,29-32H/t13-,14-,17?,18?,19-,20-/m1/s1. The van der Waals surface area contributed by atoms with E-state index in [4.69, 9.17) is 11.1 Å². The Morgan fingerprint density at radius 1 is 0.656 bits per heavy atom. The van der Waals surface area contributed by atoms with Gasteiger partial charge in [0.05, 0.1) is 24.3 Å². The maximum Gasteiger partial charge on any atom is 0.191 e. The van der Waals surface area contributed by atoms with Gasteiger partial charge < -0.3 is 20.4 Å². The van der Waals surface area contributed by atoms with Crippen LogP contribution in [-0.2, 0) is 0 Å². The fourth-order valence-electron chi connectivity index (χ4n) is 3.02. The van der Waals surface area contributed by atoms with Gasteiger partial charge in [-0.1, -0.05) is 70.9 Å². The van der Waals surface area contributed by atoms with Crippen molar-refractivity contribution >= 4 is 11.6 Å². The van der Waals surface area contributed by atoms with Crippen molar-refractivity contribution < 1.29 is 30.0 Å². The number of hydrogen-bond acceptors (Lipinski definition) is 8. The monoisotopic (exact) mass is 440 g/mol. The second-order valence-electron chi connectivity index (χ2n) is 6.72. The van der Waals surface area contributed by atoms with Crippen LogP contribution in [0.4, 0.5) is 0 Å². The first-order valence-electron chi connectivity index (χ1n) is 9.32. The molecule has 0 heterocycles. The molecule has 0 saturated heterocycles. The first kappa shape index (κ1) is 24.5. The molecule has 0 spiro atoms. The Bertz CT molecular complexity index is 940. The van der Waals surface area contributed by atoms with Crippen molar-refractivity contribution in [3.05, 3.63) is 92.7 Å². The van der Waals surface area contributed by atoms with Crippen LogP contribution >= 0.6 is 0 Å². The zero-order valence-corrected chi connectivity index (χ0v) is 16.5. The van der Waals surface area contributed by atoms with Crippen molar-refractivity contribution in [2.45, 2.75) is 36.5 Å². The Morgan fingerprint density at radius 3 is 1.25 bits per heavy atom. The molecule has 0 saturated carbocycles. The SMILES string of the molecule is [N-]=[N+]=N[C@H](C(O)C(=O)c1ccccc1)[C@@H](O)[C@H](O)[C@H](N=[N+]=[N-])C(O)C(=O)c1ccccc1. The molecule has 0 aliphatic carbocycles. The third-order valence-corrected chi connectivity index (χ3v) is 4.72. The average Bonchev–Trinajstić information content (AvgIpc) is 2.84. The number of ketones is 2. The smallest absolute Gasteiger partial charge is 0.191 e. The van der Waals surface area contributed by atoms with Gasteiger partial charge >= 0.3 is 0 Å². The van der Waals surface area contributed by atoms with E-state index in [1.54, 1.807) is 12.1 Å². The molecule has 2 unspecified atom stereocenters. The fourth-order valence-corrected chi connectivity index (χ4v) is 3.02. The summed E-state index contributed by atoms with van der Waals surface area (Å²) in [5.74, 6) is -1.81. The minimum atomic E-state index is -2.18. The van der Waals surface area contributed by atoms with Crippen LogP contribution in [0.2, 0.25) is 0 Å². The van der Waals surface area contributed by atoms with Crippen LogP contribution in [0.5, 0.6) is 0 Å². The molecule has 4 N–H and O–H groups in total. The molecule has 166 valence electrons. The summed E-state index contributed by atoms with van der Waals surface area (Å²) >= 11 is 0. The number of carbonyl (C=O) groups excluding carboxylic acids is 2. The summed E-state index contributed by atoms with van der Waals surface area (Å²) in [5.41, 5.74) is 17.7. The summed E-state index contributed by atoms with van der Waals surface area (Å²) in [6, 6.07) is 11.0. The summed E-state index contributed by atoms with van der Waals surface area (Å²) in [6.45, 7) is 0. The highest BCUT2D eigenvalue weighted by atomic mass is 16.3. The van der Waals surface area contributed by atoms with Crippen LogP contribution in [-0.4, -0.2) is 68.5 Å². The number of rotatable bonds is 11. The van der Waals surface area contributed by atoms with E-state index >= 15 is 0 Å². The molecule has 0 fully saturated rings. The number of nitrogens with zero attached hydrogens (tertiary/aromatic N) is 6. The van der Waals surface area contributed by atoms with E-state index in [0.717, 1.165) is 0 Å². The van der Waals surface area contributed by atoms with Gasteiger partial charge in [-0.05, 0) is 11.1 Å². The van der Waals surface area contributed by atoms with Crippen LogP contribution in [0.25, 0.3) is 20.9 Å². The molecule has 0 bridgehead atoms. The lowest BCUT2D eigenvalue weighted by molar-refractivity contribution is -0.0486. The molecule has 2 aromatic carbocycles. The summed E-state index contributed by atoms with van der Waals surface area (Å²) in [6.07, 6.45) is -8.51. The second-order valence-corrected chi connectivity index (χ2v) is 6.72. The van der Waals surface area contributed by atoms with E-state index in [2.05, 4.69) is 20.1 Å². The van der Waals surface area contributed by atoms with E-state index < -0.39 is 48.1 Å². The number of hydrogen-bond donors (Lipinski definition) is 4. The van der Waals surface area contributed by atoms with Gasteiger partial charge in [0.1, 0.15) is 12.2 Å². The van der Waals surface area contributed by atoms with Gasteiger partial charge in [0.15, 0.2) is 11.6 Å². The molecule has 0 aliphatic heterocycles. The third-order valence-electron chi connectivity index (χ3n) is 4.72. The molecule has 12 heteroatoms. The van der Waals surface area contributed by atoms with Gasteiger partial charge in [0.25, 0.3) is 0 Å². The quantitative estimate of drug-likeness (QED) is 0.176. The highest BCUT2D eigenvalue weighted by molar-refractivity contribution is 6.00. The lowest BCUT2D eigenvalue weighted by Crippen LogP contribution is -2.53. The Labute approximate surface area is 181 Å². The van der Waals surface area contributed by atoms with Crippen molar-refractivity contribution in [2.24, 2.45) is 10.2 Å². The van der Waals surface area contributed by atoms with Crippen molar-refractivity contribution in [2.75, 3.05) is 0 Å². The van der Waals surface area contributed by atoms with Crippen molar-refractivity contribution in [3.8, 4) is 0 Å². The molecular formula is C20H20N6O6. The summed E-state index contributed by atoms with van der Waals surface area (Å²) in [7, 11) is 0. The Hall–Kier alpha value is -3.76. The second kappa shape index (κ2) is 11.6. The fraction of sp³-hybridized carbons (Fsp3) is 0.300. The van der Waals surface area contributed by atoms with E-state index in [-0.39, 0.29) is 11.1 Å². The molecule has 2 rings (SSSR count). The average molecular weight is 440 g/mol. The van der Waals surface area contributed by atoms with Gasteiger partial charge in [-0.15, -0.1) is 0 Å². The van der Waals surface area contributed by atoms with Crippen molar-refractivity contribution in [3.63, 3.8) is 0 Å². The van der Waals surface area contributed by atoms with E-state index in [0.29, 0.717) is 0 Å². The summed E-state index contributed by atoms with van der Waals surface area (Å²) < 4.78 is 0. The molecule has 6 atom stereocenters. The van der Waals surface area contributed by atoms with Gasteiger partial charge in [-0.25, -0.2) is 0 Å². The minimum Gasteiger partial charge on any atom is -0.390 e. The van der Waals surface area contributed by atoms with Gasteiger partial charge in [-0.2, -0.15) is 0 Å². The largest absolute Gasteiger partial charge is 0.390 e. The molecular weight excluding hydrogens is 420 g/mol. The van der Waals surface area contributed by atoms with Crippen LogP contribution < -0.4 is 0 Å². The molecule has 0 aliphatic rings. The number of aliphatic hydroxyl groups excluding tert-OH is 4. The molecule has 0 radical (unpaired) electrons. The predicted molar refractivity (Wildman–Crippen MR) is 111 cm³/mol. The van der Waals surface area contributed by atoms with Gasteiger partial charge in [-0.3, -0.25) is 9.59 Å². The lowest BCUT2D eigenvalue weighted by atomic mass is 9.89. The van der Waals surface area contributed by atoms with Crippen LogP contribution in [0.15, 0.2) is 70.9 Å². The zero-order chi connectivity index (χ0) is 23.7. The van der Waals surface area contributed by atoms with Crippen molar-refractivity contribution in [1.29, 1.82) is 0 Å². The van der Waals surface area contributed by atoms with E-state index in [9.17, 15) is 30.0 Å². The van der Waals surface area contributed by atoms with Crippen molar-refractivity contribution in [1.82, 2.24) is 0 Å². The lowest BCUT2D eigenvalue weighted by Gasteiger charge is -2.31. The van der Waals surface area contributed by atoms with Crippen LogP contribution in [0.1, 0.15) is 20.7 Å². The third kappa shape index (κ3) is 5.68. The van der Waals surface area contributed by atoms with E-state index in [1.807, 2.05) is 0 Å². The highest BCUT2D eigenvalue weighted by Crippen LogP contribution is 2.21. The maximum atomic E-state index is 12.5. The summed E-state index contributed by atoms with van der Waals surface area (Å²) in [5, 5.41) is 48.3. The predicted octanol–water partition coefficient (Wildman–Crippen LogP) is 1.55.